The summed E-state index contributed by atoms with van der Waals surface area (Å²) in [5.41, 5.74) is 3.22. The molecule has 2 aromatic heterocycles. The van der Waals surface area contributed by atoms with E-state index >= 15 is 0 Å². The van der Waals surface area contributed by atoms with Crippen molar-refractivity contribution < 1.29 is 4.79 Å². The van der Waals surface area contributed by atoms with Crippen molar-refractivity contribution in [1.82, 2.24) is 14.8 Å². The zero-order valence-electron chi connectivity index (χ0n) is 11.1. The minimum atomic E-state index is -0.250. The SMILES string of the molecule is Cc1nsc(SCc2c(C(=O)NN)sc3ccccc23)n1. The second-order valence-electron chi connectivity index (χ2n) is 4.28. The van der Waals surface area contributed by atoms with Gasteiger partial charge in [-0.1, -0.05) is 30.0 Å². The van der Waals surface area contributed by atoms with Crippen LogP contribution in [0.3, 0.4) is 0 Å². The first-order valence-corrected chi connectivity index (χ1v) is 8.71. The van der Waals surface area contributed by atoms with E-state index in [-0.39, 0.29) is 5.91 Å². The first kappa shape index (κ1) is 14.5. The number of nitrogen functional groups attached to an aromatic ring is 1. The molecule has 1 aromatic carbocycles. The molecule has 0 fully saturated rings. The first-order valence-electron chi connectivity index (χ1n) is 6.13. The second-order valence-corrected chi connectivity index (χ2v) is 7.30. The molecule has 3 N–H and O–H groups in total. The highest BCUT2D eigenvalue weighted by Crippen LogP contribution is 2.35. The van der Waals surface area contributed by atoms with Crippen LogP contribution in [-0.4, -0.2) is 15.3 Å². The van der Waals surface area contributed by atoms with E-state index in [9.17, 15) is 4.79 Å². The number of nitrogens with one attached hydrogen (secondary N) is 1. The molecular formula is C13H12N4OS3. The molecule has 5 nitrogen and oxygen atoms in total. The molecule has 1 amide bonds. The summed E-state index contributed by atoms with van der Waals surface area (Å²) >= 11 is 4.42. The average molecular weight is 336 g/mol. The van der Waals surface area contributed by atoms with Crippen molar-refractivity contribution in [3.05, 3.63) is 40.5 Å². The molecule has 0 aliphatic heterocycles. The van der Waals surface area contributed by atoms with Crippen LogP contribution in [0.4, 0.5) is 0 Å². The number of carbonyl (C=O) groups excluding carboxylic acids is 1. The fourth-order valence-electron chi connectivity index (χ4n) is 1.96. The van der Waals surface area contributed by atoms with Crippen molar-refractivity contribution in [3.63, 3.8) is 0 Å². The summed E-state index contributed by atoms with van der Waals surface area (Å²) in [6.07, 6.45) is 0. The zero-order valence-corrected chi connectivity index (χ0v) is 13.6. The van der Waals surface area contributed by atoms with E-state index in [4.69, 9.17) is 5.84 Å². The van der Waals surface area contributed by atoms with Gasteiger partial charge in [-0.25, -0.2) is 10.8 Å². The smallest absolute Gasteiger partial charge is 0.275 e. The van der Waals surface area contributed by atoms with Crippen LogP contribution < -0.4 is 11.3 Å². The molecule has 8 heteroatoms. The van der Waals surface area contributed by atoms with Crippen LogP contribution in [0.1, 0.15) is 21.1 Å². The minimum absolute atomic E-state index is 0.250. The highest BCUT2D eigenvalue weighted by molar-refractivity contribution is 8.00. The van der Waals surface area contributed by atoms with Gasteiger partial charge in [-0.2, -0.15) is 4.37 Å². The zero-order chi connectivity index (χ0) is 14.8. The van der Waals surface area contributed by atoms with Crippen LogP contribution in [0, 0.1) is 6.92 Å². The van der Waals surface area contributed by atoms with E-state index in [1.165, 1.54) is 22.9 Å². The van der Waals surface area contributed by atoms with Crippen molar-refractivity contribution in [2.45, 2.75) is 17.0 Å². The summed E-state index contributed by atoms with van der Waals surface area (Å²) in [7, 11) is 0. The number of nitrogens with two attached hydrogens (primary N) is 1. The van der Waals surface area contributed by atoms with E-state index in [1.807, 2.05) is 31.2 Å². The number of carbonyl (C=O) groups is 1. The molecule has 0 bridgehead atoms. The van der Waals surface area contributed by atoms with E-state index in [0.29, 0.717) is 10.6 Å². The highest BCUT2D eigenvalue weighted by atomic mass is 32.2. The Morgan fingerprint density at radius 3 is 2.95 bits per heavy atom. The third kappa shape index (κ3) is 2.93. The van der Waals surface area contributed by atoms with Gasteiger partial charge in [0.05, 0.1) is 4.88 Å². The summed E-state index contributed by atoms with van der Waals surface area (Å²) in [4.78, 5) is 17.0. The lowest BCUT2D eigenvalue weighted by molar-refractivity contribution is 0.0957. The fourth-order valence-corrected chi connectivity index (χ4v) is 4.87. The third-order valence-corrected chi connectivity index (χ3v) is 6.05. The Bertz CT molecular complexity index is 796. The van der Waals surface area contributed by atoms with Crippen molar-refractivity contribution in [2.24, 2.45) is 5.84 Å². The van der Waals surface area contributed by atoms with Crippen LogP contribution in [0.5, 0.6) is 0 Å². The Labute approximate surface area is 133 Å². The lowest BCUT2D eigenvalue weighted by atomic mass is 10.1. The van der Waals surface area contributed by atoms with E-state index in [2.05, 4.69) is 14.8 Å². The molecule has 0 atom stereocenters. The second kappa shape index (κ2) is 6.10. The number of aryl methyl sites for hydroxylation is 1. The van der Waals surface area contributed by atoms with Gasteiger partial charge in [-0.15, -0.1) is 11.3 Å². The molecule has 21 heavy (non-hydrogen) atoms. The van der Waals surface area contributed by atoms with Crippen LogP contribution in [0.2, 0.25) is 0 Å². The molecule has 0 radical (unpaired) electrons. The maximum Gasteiger partial charge on any atom is 0.275 e. The van der Waals surface area contributed by atoms with Crippen molar-refractivity contribution in [3.8, 4) is 0 Å². The van der Waals surface area contributed by atoms with E-state index in [1.54, 1.807) is 11.8 Å². The Morgan fingerprint density at radius 2 is 2.24 bits per heavy atom. The van der Waals surface area contributed by atoms with Gasteiger partial charge in [-0.05, 0) is 35.5 Å². The van der Waals surface area contributed by atoms with Crippen LogP contribution in [-0.2, 0) is 5.75 Å². The maximum atomic E-state index is 12.0. The van der Waals surface area contributed by atoms with Gasteiger partial charge in [0.25, 0.3) is 5.91 Å². The number of hydrazine groups is 1. The molecule has 0 unspecified atom stereocenters. The molecular weight excluding hydrogens is 324 g/mol. The highest BCUT2D eigenvalue weighted by Gasteiger charge is 2.18. The standard InChI is InChI=1S/C13H12N4OS3/c1-7-15-13(21-17-7)19-6-9-8-4-2-3-5-10(8)20-11(9)12(18)16-14/h2-5H,6,14H2,1H3,(H,16,18). The van der Waals surface area contributed by atoms with Gasteiger partial charge in [-0.3, -0.25) is 10.2 Å². The topological polar surface area (TPSA) is 80.9 Å². The van der Waals surface area contributed by atoms with Gasteiger partial charge in [0, 0.05) is 10.5 Å². The number of aromatic nitrogens is 2. The summed E-state index contributed by atoms with van der Waals surface area (Å²) < 4.78 is 6.15. The lowest BCUT2D eigenvalue weighted by Gasteiger charge is -2.02. The van der Waals surface area contributed by atoms with Crippen LogP contribution in [0.15, 0.2) is 28.6 Å². The number of thiophene rings is 1. The van der Waals surface area contributed by atoms with E-state index in [0.717, 1.165) is 25.8 Å². The predicted molar refractivity (Wildman–Crippen MR) is 87.7 cm³/mol. The quantitative estimate of drug-likeness (QED) is 0.331. The maximum absolute atomic E-state index is 12.0. The molecule has 0 aliphatic carbocycles. The fraction of sp³-hybridized carbons (Fsp3) is 0.154. The average Bonchev–Trinajstić information content (AvgIpc) is 3.07. The van der Waals surface area contributed by atoms with Gasteiger partial charge < -0.3 is 0 Å². The monoisotopic (exact) mass is 336 g/mol. The first-order chi connectivity index (χ1) is 10.2. The normalized spacial score (nSPS) is 11.0. The van der Waals surface area contributed by atoms with Crippen molar-refractivity contribution in [1.29, 1.82) is 0 Å². The van der Waals surface area contributed by atoms with E-state index < -0.39 is 0 Å². The Hall–Kier alpha value is -1.48. The summed E-state index contributed by atoms with van der Waals surface area (Å²) in [6, 6.07) is 7.98. The summed E-state index contributed by atoms with van der Waals surface area (Å²) in [5.74, 6) is 6.48. The molecule has 0 saturated carbocycles. The van der Waals surface area contributed by atoms with Crippen LogP contribution in [0.25, 0.3) is 10.1 Å². The number of nitrogens with zero attached hydrogens (tertiary/aromatic N) is 2. The van der Waals surface area contributed by atoms with Gasteiger partial charge >= 0.3 is 0 Å². The summed E-state index contributed by atoms with van der Waals surface area (Å²) in [6.45, 7) is 1.87. The van der Waals surface area contributed by atoms with Crippen LogP contribution >= 0.6 is 34.6 Å². The molecule has 108 valence electrons. The number of rotatable bonds is 4. The Morgan fingerprint density at radius 1 is 1.43 bits per heavy atom. The number of benzene rings is 1. The van der Waals surface area contributed by atoms with Crippen molar-refractivity contribution >= 4 is 50.6 Å². The third-order valence-electron chi connectivity index (χ3n) is 2.88. The minimum Gasteiger partial charge on any atom is -0.289 e. The number of hydrogen-bond acceptors (Lipinski definition) is 7. The Kier molecular flexibility index (Phi) is 4.20. The molecule has 0 aliphatic rings. The Balaban J connectivity index is 1.96. The summed E-state index contributed by atoms with van der Waals surface area (Å²) in [5, 5.41) is 1.09. The molecule has 2 heterocycles. The van der Waals surface area contributed by atoms with Crippen molar-refractivity contribution in [2.75, 3.05) is 0 Å². The predicted octanol–water partition coefficient (Wildman–Crippen LogP) is 2.96. The largest absolute Gasteiger partial charge is 0.289 e. The number of fused-ring (bicyclic) bond motifs is 1. The number of thioether (sulfide) groups is 1. The molecule has 0 spiro atoms. The van der Waals surface area contributed by atoms with Gasteiger partial charge in [0.1, 0.15) is 5.82 Å². The lowest BCUT2D eigenvalue weighted by Crippen LogP contribution is -2.29. The number of hydrogen-bond donors (Lipinski definition) is 2. The van der Waals surface area contributed by atoms with Gasteiger partial charge in [0.15, 0.2) is 4.34 Å². The molecule has 0 saturated heterocycles. The van der Waals surface area contributed by atoms with Gasteiger partial charge in [0.2, 0.25) is 0 Å². The molecule has 3 aromatic rings. The molecule has 3 rings (SSSR count). The number of amides is 1.